The van der Waals surface area contributed by atoms with Crippen molar-refractivity contribution in [3.05, 3.63) is 42.0 Å². The van der Waals surface area contributed by atoms with E-state index in [0.29, 0.717) is 31.6 Å². The third-order valence-corrected chi connectivity index (χ3v) is 6.02. The van der Waals surface area contributed by atoms with E-state index in [-0.39, 0.29) is 11.8 Å². The van der Waals surface area contributed by atoms with Crippen LogP contribution in [0.4, 0.5) is 11.4 Å². The van der Waals surface area contributed by atoms with Gasteiger partial charge in [-0.25, -0.2) is 4.98 Å². The second-order valence-electron chi connectivity index (χ2n) is 7.73. The molecule has 4 heterocycles. The minimum Gasteiger partial charge on any atom is -0.369 e. The van der Waals surface area contributed by atoms with Crippen molar-refractivity contribution in [1.82, 2.24) is 19.8 Å². The SMILES string of the molecule is O=C(c1cn2c(n1)CCNCC2)N1CCC2(CC1)Nc1ccccc1NC2=O. The lowest BCUT2D eigenvalue weighted by Crippen LogP contribution is -2.59. The molecule has 0 aliphatic carbocycles. The molecule has 146 valence electrons. The standard InChI is InChI=1S/C20H24N6O2/c27-18(16-13-26-12-9-21-8-5-17(26)22-16)25-10-6-20(7-11-25)19(28)23-14-3-1-2-4-15(14)24-20/h1-4,13,21,24H,5-12H2,(H,23,28). The average Bonchev–Trinajstić information content (AvgIpc) is 2.99. The zero-order valence-electron chi connectivity index (χ0n) is 15.7. The molecule has 1 aromatic heterocycles. The highest BCUT2D eigenvalue weighted by Gasteiger charge is 2.45. The second-order valence-corrected chi connectivity index (χ2v) is 7.73. The van der Waals surface area contributed by atoms with Gasteiger partial charge in [0, 0.05) is 45.3 Å². The Balaban J connectivity index is 1.30. The number of rotatable bonds is 1. The number of fused-ring (bicyclic) bond motifs is 2. The quantitative estimate of drug-likeness (QED) is 0.688. The molecule has 5 rings (SSSR count). The van der Waals surface area contributed by atoms with Gasteiger partial charge in [0.05, 0.1) is 11.4 Å². The van der Waals surface area contributed by atoms with Crippen LogP contribution in [-0.2, 0) is 17.8 Å². The van der Waals surface area contributed by atoms with Crippen molar-refractivity contribution in [1.29, 1.82) is 0 Å². The van der Waals surface area contributed by atoms with Gasteiger partial charge in [-0.1, -0.05) is 12.1 Å². The molecule has 3 aliphatic heterocycles. The van der Waals surface area contributed by atoms with E-state index in [0.717, 1.165) is 43.3 Å². The predicted octanol–water partition coefficient (Wildman–Crippen LogP) is 1.07. The molecule has 2 amide bonds. The Bertz CT molecular complexity index is 905. The number of amides is 2. The van der Waals surface area contributed by atoms with Gasteiger partial charge in [0.15, 0.2) is 0 Å². The first-order valence-corrected chi connectivity index (χ1v) is 9.89. The fourth-order valence-corrected chi connectivity index (χ4v) is 4.34. The van der Waals surface area contributed by atoms with Gasteiger partial charge in [0.1, 0.15) is 17.1 Å². The summed E-state index contributed by atoms with van der Waals surface area (Å²) in [6.07, 6.45) is 3.86. The van der Waals surface area contributed by atoms with Crippen LogP contribution < -0.4 is 16.0 Å². The minimum atomic E-state index is -0.651. The maximum absolute atomic E-state index is 13.0. The van der Waals surface area contributed by atoms with E-state index >= 15 is 0 Å². The van der Waals surface area contributed by atoms with E-state index in [4.69, 9.17) is 0 Å². The molecular weight excluding hydrogens is 356 g/mol. The first-order valence-electron chi connectivity index (χ1n) is 9.89. The summed E-state index contributed by atoms with van der Waals surface area (Å²) in [4.78, 5) is 32.1. The second kappa shape index (κ2) is 6.63. The number of aromatic nitrogens is 2. The third-order valence-electron chi connectivity index (χ3n) is 6.02. The van der Waals surface area contributed by atoms with Gasteiger partial charge in [-0.3, -0.25) is 9.59 Å². The summed E-state index contributed by atoms with van der Waals surface area (Å²) in [7, 11) is 0. The summed E-state index contributed by atoms with van der Waals surface area (Å²) in [6.45, 7) is 3.68. The Morgan fingerprint density at radius 3 is 2.68 bits per heavy atom. The van der Waals surface area contributed by atoms with Crippen LogP contribution in [0, 0.1) is 0 Å². The lowest BCUT2D eigenvalue weighted by atomic mass is 9.84. The molecule has 8 heteroatoms. The fraction of sp³-hybridized carbons (Fsp3) is 0.450. The van der Waals surface area contributed by atoms with Crippen LogP contribution >= 0.6 is 0 Å². The summed E-state index contributed by atoms with van der Waals surface area (Å²) in [6, 6.07) is 7.72. The van der Waals surface area contributed by atoms with Gasteiger partial charge >= 0.3 is 0 Å². The highest BCUT2D eigenvalue weighted by Crippen LogP contribution is 2.36. The summed E-state index contributed by atoms with van der Waals surface area (Å²) in [5.41, 5.74) is 1.61. The number of benzene rings is 1. The molecule has 0 saturated carbocycles. The van der Waals surface area contributed by atoms with Crippen LogP contribution in [-0.4, -0.2) is 58.0 Å². The number of imidazole rings is 1. The monoisotopic (exact) mass is 380 g/mol. The highest BCUT2D eigenvalue weighted by molar-refractivity contribution is 6.06. The molecule has 28 heavy (non-hydrogen) atoms. The molecule has 1 fully saturated rings. The van der Waals surface area contributed by atoms with E-state index in [1.807, 2.05) is 35.4 Å². The van der Waals surface area contributed by atoms with E-state index in [2.05, 4.69) is 25.5 Å². The third kappa shape index (κ3) is 2.84. The fourth-order valence-electron chi connectivity index (χ4n) is 4.34. The summed E-state index contributed by atoms with van der Waals surface area (Å²) >= 11 is 0. The van der Waals surface area contributed by atoms with Crippen molar-refractivity contribution in [2.24, 2.45) is 0 Å². The lowest BCUT2D eigenvalue weighted by molar-refractivity contribution is -0.122. The van der Waals surface area contributed by atoms with Crippen molar-refractivity contribution in [3.63, 3.8) is 0 Å². The molecule has 3 aliphatic rings. The molecule has 1 saturated heterocycles. The molecule has 3 N–H and O–H groups in total. The predicted molar refractivity (Wildman–Crippen MR) is 105 cm³/mol. The van der Waals surface area contributed by atoms with Crippen molar-refractivity contribution in [3.8, 4) is 0 Å². The number of piperidine rings is 1. The maximum atomic E-state index is 13.0. The van der Waals surface area contributed by atoms with Gasteiger partial charge in [0.25, 0.3) is 5.91 Å². The van der Waals surface area contributed by atoms with Gasteiger partial charge in [-0.2, -0.15) is 0 Å². The van der Waals surface area contributed by atoms with Crippen LogP contribution in [0.1, 0.15) is 29.2 Å². The zero-order chi connectivity index (χ0) is 19.1. The molecule has 1 spiro atoms. The Morgan fingerprint density at radius 2 is 1.86 bits per heavy atom. The summed E-state index contributed by atoms with van der Waals surface area (Å²) in [5.74, 6) is 0.909. The van der Waals surface area contributed by atoms with Crippen molar-refractivity contribution in [2.75, 3.05) is 36.8 Å². The van der Waals surface area contributed by atoms with E-state index in [1.54, 1.807) is 0 Å². The molecule has 8 nitrogen and oxygen atoms in total. The number of likely N-dealkylation sites (tertiary alicyclic amines) is 1. The Kier molecular flexibility index (Phi) is 4.08. The number of carbonyl (C=O) groups excluding carboxylic acids is 2. The molecule has 0 radical (unpaired) electrons. The minimum absolute atomic E-state index is 0.0143. The zero-order valence-corrected chi connectivity index (χ0v) is 15.7. The Labute approximate surface area is 163 Å². The number of hydrogen-bond acceptors (Lipinski definition) is 5. The van der Waals surface area contributed by atoms with Crippen LogP contribution in [0.3, 0.4) is 0 Å². The van der Waals surface area contributed by atoms with Crippen LogP contribution in [0.2, 0.25) is 0 Å². The Hall–Kier alpha value is -2.87. The molecule has 0 atom stereocenters. The van der Waals surface area contributed by atoms with Gasteiger partial charge in [0.2, 0.25) is 5.91 Å². The highest BCUT2D eigenvalue weighted by atomic mass is 16.2. The number of nitrogens with one attached hydrogen (secondary N) is 3. The van der Waals surface area contributed by atoms with E-state index < -0.39 is 5.54 Å². The lowest BCUT2D eigenvalue weighted by Gasteiger charge is -2.44. The van der Waals surface area contributed by atoms with Crippen molar-refractivity contribution in [2.45, 2.75) is 31.3 Å². The van der Waals surface area contributed by atoms with E-state index in [1.165, 1.54) is 0 Å². The van der Waals surface area contributed by atoms with Crippen LogP contribution in [0.15, 0.2) is 30.5 Å². The average molecular weight is 380 g/mol. The molecule has 1 aromatic carbocycles. The number of para-hydroxylation sites is 2. The largest absolute Gasteiger partial charge is 0.369 e. The van der Waals surface area contributed by atoms with Crippen molar-refractivity contribution < 1.29 is 9.59 Å². The van der Waals surface area contributed by atoms with E-state index in [9.17, 15) is 9.59 Å². The summed E-state index contributed by atoms with van der Waals surface area (Å²) < 4.78 is 2.08. The van der Waals surface area contributed by atoms with Crippen molar-refractivity contribution >= 4 is 23.2 Å². The van der Waals surface area contributed by atoms with Crippen LogP contribution in [0.5, 0.6) is 0 Å². The molecule has 2 aromatic rings. The number of anilines is 2. The van der Waals surface area contributed by atoms with Gasteiger partial charge in [-0.05, 0) is 25.0 Å². The smallest absolute Gasteiger partial charge is 0.274 e. The molecule has 0 unspecified atom stereocenters. The molecule has 0 bridgehead atoms. The first kappa shape index (κ1) is 17.2. The topological polar surface area (TPSA) is 91.3 Å². The molecular formula is C20H24N6O2. The maximum Gasteiger partial charge on any atom is 0.274 e. The number of hydrogen-bond donors (Lipinski definition) is 3. The van der Waals surface area contributed by atoms with Gasteiger partial charge < -0.3 is 25.4 Å². The summed E-state index contributed by atoms with van der Waals surface area (Å²) in [5, 5.41) is 9.78. The normalized spacial score (nSPS) is 20.6. The number of carbonyl (C=O) groups is 2. The van der Waals surface area contributed by atoms with Crippen LogP contribution in [0.25, 0.3) is 0 Å². The first-order chi connectivity index (χ1) is 13.6. The number of nitrogens with zero attached hydrogens (tertiary/aromatic N) is 3. The van der Waals surface area contributed by atoms with Gasteiger partial charge in [-0.15, -0.1) is 0 Å². The Morgan fingerprint density at radius 1 is 1.07 bits per heavy atom.